The molecule has 0 spiro atoms. The fourth-order valence-electron chi connectivity index (χ4n) is 3.44. The smallest absolute Gasteiger partial charge is 0.316 e. The van der Waals surface area contributed by atoms with Gasteiger partial charge in [-0.15, -0.1) is 0 Å². The fourth-order valence-corrected chi connectivity index (χ4v) is 3.44. The van der Waals surface area contributed by atoms with Crippen LogP contribution in [0, 0.1) is 62.3 Å². The largest absolute Gasteiger partial charge is 0.330 e. The number of pyridine rings is 1. The molecule has 0 aliphatic carbocycles. The first-order valence-electron chi connectivity index (χ1n) is 11.3. The van der Waals surface area contributed by atoms with Crippen LogP contribution < -0.4 is 22.4 Å². The second-order valence-corrected chi connectivity index (χ2v) is 8.97. The second kappa shape index (κ2) is 11.3. The monoisotopic (exact) mass is 485 g/mol. The van der Waals surface area contributed by atoms with Crippen molar-refractivity contribution in [3.05, 3.63) is 92.3 Å². The molecule has 3 aromatic rings. The third-order valence-corrected chi connectivity index (χ3v) is 7.02. The number of rotatable bonds is 0. The van der Waals surface area contributed by atoms with E-state index in [1.54, 1.807) is 44.0 Å². The molecule has 0 bridgehead atoms. The Bertz CT molecular complexity index is 1400. The van der Waals surface area contributed by atoms with E-state index in [1.807, 2.05) is 41.7 Å². The molecule has 0 saturated heterocycles. The summed E-state index contributed by atoms with van der Waals surface area (Å²) in [5, 5.41) is 0. The van der Waals surface area contributed by atoms with Crippen LogP contribution in [0.1, 0.15) is 50.7 Å². The summed E-state index contributed by atoms with van der Waals surface area (Å²) in [6.07, 6.45) is 0. The van der Waals surface area contributed by atoms with Gasteiger partial charge in [0.05, 0.1) is 0 Å². The van der Waals surface area contributed by atoms with Crippen LogP contribution in [0.3, 0.4) is 0 Å². The van der Waals surface area contributed by atoms with Gasteiger partial charge in [0, 0.05) is 62.0 Å². The third-order valence-electron chi connectivity index (χ3n) is 7.02. The molecule has 0 amide bonds. The predicted molar refractivity (Wildman–Crippen MR) is 141 cm³/mol. The Morgan fingerprint density at radius 3 is 1.40 bits per heavy atom. The lowest BCUT2D eigenvalue weighted by molar-refractivity contribution is 0.658. The fraction of sp³-hybridized carbons (Fsp3) is 0.500. The van der Waals surface area contributed by atoms with E-state index in [2.05, 4.69) is 11.9 Å². The molecule has 0 aliphatic heterocycles. The van der Waals surface area contributed by atoms with Gasteiger partial charge in [0.15, 0.2) is 0 Å². The van der Waals surface area contributed by atoms with E-state index < -0.39 is 0 Å². The van der Waals surface area contributed by atoms with Gasteiger partial charge in [-0.2, -0.15) is 0 Å². The van der Waals surface area contributed by atoms with Crippen molar-refractivity contribution in [3.63, 3.8) is 0 Å². The Hall–Kier alpha value is -3.49. The van der Waals surface area contributed by atoms with Crippen LogP contribution in [0.25, 0.3) is 0 Å². The van der Waals surface area contributed by atoms with Gasteiger partial charge in [-0.1, -0.05) is 0 Å². The molecule has 0 radical (unpaired) electrons. The molecule has 9 heteroatoms. The van der Waals surface area contributed by atoms with Gasteiger partial charge in [-0.05, 0) is 73.4 Å². The zero-order chi connectivity index (χ0) is 27.5. The van der Waals surface area contributed by atoms with Crippen LogP contribution in [0.15, 0.2) is 19.2 Å². The molecule has 9 nitrogen and oxygen atoms in total. The summed E-state index contributed by atoms with van der Waals surface area (Å²) in [4.78, 5) is 49.7. The first-order valence-corrected chi connectivity index (χ1v) is 11.3. The van der Waals surface area contributed by atoms with E-state index in [9.17, 15) is 19.2 Å². The van der Waals surface area contributed by atoms with E-state index in [-0.39, 0.29) is 22.4 Å². The van der Waals surface area contributed by atoms with Gasteiger partial charge in [0.1, 0.15) is 5.82 Å². The number of hydrogen-bond acceptors (Lipinski definition) is 5. The molecule has 0 saturated carbocycles. The van der Waals surface area contributed by atoms with Crippen molar-refractivity contribution in [1.82, 2.24) is 23.3 Å². The molecule has 3 aromatic heterocycles. The van der Waals surface area contributed by atoms with Gasteiger partial charge in [-0.25, -0.2) is 9.78 Å². The molecular weight excluding hydrogens is 446 g/mol. The van der Waals surface area contributed by atoms with Crippen LogP contribution >= 0.6 is 0 Å². The quantitative estimate of drug-likeness (QED) is 0.485. The number of hydrogen-bond donors (Lipinski definition) is 0. The lowest BCUT2D eigenvalue weighted by Gasteiger charge is -2.11. The Kier molecular flexibility index (Phi) is 9.53. The average Bonchev–Trinajstić information content (AvgIpc) is 2.84. The van der Waals surface area contributed by atoms with Gasteiger partial charge in [0.25, 0.3) is 16.7 Å². The van der Waals surface area contributed by atoms with E-state index in [1.165, 1.54) is 17.2 Å². The SMILES string of the molecule is Cc1c(C)c(C)n(C)c(=O)c1C.Cc1c(C)n(C)c(=O)n(C)c1=O.Cc1nc(C)n(C)c(=O)c1C. The Labute approximate surface area is 206 Å². The summed E-state index contributed by atoms with van der Waals surface area (Å²) in [7, 11) is 6.69. The highest BCUT2D eigenvalue weighted by Crippen LogP contribution is 2.11. The minimum Gasteiger partial charge on any atom is -0.316 e. The minimum absolute atomic E-state index is 0.0509. The minimum atomic E-state index is -0.275. The van der Waals surface area contributed by atoms with Crippen LogP contribution in [-0.4, -0.2) is 23.3 Å². The van der Waals surface area contributed by atoms with Gasteiger partial charge >= 0.3 is 5.69 Å². The third kappa shape index (κ3) is 5.96. The van der Waals surface area contributed by atoms with Gasteiger partial charge in [-0.3, -0.25) is 23.5 Å². The molecule has 0 aromatic carbocycles. The van der Waals surface area contributed by atoms with Crippen molar-refractivity contribution in [2.45, 2.75) is 62.3 Å². The lowest BCUT2D eigenvalue weighted by Crippen LogP contribution is -2.39. The maximum absolute atomic E-state index is 11.5. The normalized spacial score (nSPS) is 10.3. The van der Waals surface area contributed by atoms with Crippen molar-refractivity contribution in [2.24, 2.45) is 28.2 Å². The van der Waals surface area contributed by atoms with E-state index in [4.69, 9.17) is 0 Å². The first-order chi connectivity index (χ1) is 16.0. The van der Waals surface area contributed by atoms with Crippen LogP contribution in [-0.2, 0) is 28.2 Å². The molecule has 0 aliphatic rings. The molecule has 0 N–H and O–H groups in total. The molecule has 0 fully saturated rings. The van der Waals surface area contributed by atoms with Crippen molar-refractivity contribution in [2.75, 3.05) is 0 Å². The van der Waals surface area contributed by atoms with Crippen LogP contribution in [0.2, 0.25) is 0 Å². The van der Waals surface area contributed by atoms with Crippen molar-refractivity contribution in [1.29, 1.82) is 0 Å². The summed E-state index contributed by atoms with van der Waals surface area (Å²) in [6, 6.07) is 0. The van der Waals surface area contributed by atoms with Crippen LogP contribution in [0.5, 0.6) is 0 Å². The standard InChI is InChI=1S/C10H15NO.C8H12N2O2.C8H12N2O/c1-6-7(2)9(4)11(5)10(12)8(6)3;1-5-6(2)9(3)8(12)10(4)7(5)11;1-5-6(2)9-7(3)10(4)8(5)11/h1-5H3;1-4H3;1-4H3. The highest BCUT2D eigenvalue weighted by molar-refractivity contribution is 5.33. The zero-order valence-corrected chi connectivity index (χ0v) is 23.4. The molecule has 0 atom stereocenters. The molecule has 0 unspecified atom stereocenters. The summed E-state index contributed by atoms with van der Waals surface area (Å²) >= 11 is 0. The summed E-state index contributed by atoms with van der Waals surface area (Å²) < 4.78 is 5.85. The maximum atomic E-state index is 11.5. The number of aryl methyl sites for hydroxylation is 2. The van der Waals surface area contributed by atoms with Gasteiger partial charge in [0.2, 0.25) is 0 Å². The molecular formula is C26H39N5O4. The van der Waals surface area contributed by atoms with Gasteiger partial charge < -0.3 is 9.13 Å². The molecule has 3 rings (SSSR count). The van der Waals surface area contributed by atoms with E-state index >= 15 is 0 Å². The summed E-state index contributed by atoms with van der Waals surface area (Å²) in [6.45, 7) is 16.9. The first kappa shape index (κ1) is 29.5. The zero-order valence-electron chi connectivity index (χ0n) is 23.4. The predicted octanol–water partition coefficient (Wildman–Crippen LogP) is 2.03. The van der Waals surface area contributed by atoms with Crippen molar-refractivity contribution in [3.8, 4) is 0 Å². The molecule has 192 valence electrons. The Morgan fingerprint density at radius 2 is 0.886 bits per heavy atom. The lowest BCUT2D eigenvalue weighted by atomic mass is 10.0. The highest BCUT2D eigenvalue weighted by Gasteiger charge is 2.08. The summed E-state index contributed by atoms with van der Waals surface area (Å²) in [5.74, 6) is 0.762. The summed E-state index contributed by atoms with van der Waals surface area (Å²) in [5.41, 5.74) is 6.85. The van der Waals surface area contributed by atoms with E-state index in [0.29, 0.717) is 5.56 Å². The van der Waals surface area contributed by atoms with Crippen LogP contribution in [0.4, 0.5) is 0 Å². The Morgan fingerprint density at radius 1 is 0.457 bits per heavy atom. The topological polar surface area (TPSA) is 101 Å². The second-order valence-electron chi connectivity index (χ2n) is 8.97. The number of aromatic nitrogens is 5. The highest BCUT2D eigenvalue weighted by atomic mass is 16.2. The Balaban J connectivity index is 0.000000263. The molecule has 3 heterocycles. The van der Waals surface area contributed by atoms with Crippen molar-refractivity contribution >= 4 is 0 Å². The molecule has 35 heavy (non-hydrogen) atoms. The number of nitrogens with zero attached hydrogens (tertiary/aromatic N) is 5. The van der Waals surface area contributed by atoms with Crippen molar-refractivity contribution < 1.29 is 0 Å². The average molecular weight is 486 g/mol. The maximum Gasteiger partial charge on any atom is 0.330 e. The van der Waals surface area contributed by atoms with E-state index in [0.717, 1.165) is 44.2 Å².